The van der Waals surface area contributed by atoms with Gasteiger partial charge in [-0.25, -0.2) is 4.39 Å². The Morgan fingerprint density at radius 2 is 2.21 bits per heavy atom. The zero-order chi connectivity index (χ0) is 20.4. The summed E-state index contributed by atoms with van der Waals surface area (Å²) in [6.07, 6.45) is 3.02. The number of piperidine rings is 1. The van der Waals surface area contributed by atoms with Gasteiger partial charge >= 0.3 is 0 Å². The number of hydrogen-bond acceptors (Lipinski definition) is 4. The van der Waals surface area contributed by atoms with E-state index in [2.05, 4.69) is 39.2 Å². The minimum absolute atomic E-state index is 0.294. The molecule has 0 spiro atoms. The third-order valence-electron chi connectivity index (χ3n) is 5.34. The van der Waals surface area contributed by atoms with Crippen LogP contribution in [0.5, 0.6) is 0 Å². The molecular weight excluding hydrogens is 369 g/mol. The number of carbonyl (C=O) groups is 1. The Hall–Kier alpha value is -2.80. The summed E-state index contributed by atoms with van der Waals surface area (Å²) < 4.78 is 14.7. The number of rotatable bonds is 5. The topological polar surface area (TPSA) is 73.9 Å². The van der Waals surface area contributed by atoms with Gasteiger partial charge in [0.05, 0.1) is 11.6 Å². The van der Waals surface area contributed by atoms with Crippen molar-refractivity contribution < 1.29 is 9.18 Å². The molecule has 1 aliphatic rings. The average molecular weight is 395 g/mol. The number of halogens is 1. The zero-order valence-corrected chi connectivity index (χ0v) is 16.7. The maximum atomic E-state index is 14.7. The first-order valence-corrected chi connectivity index (χ1v) is 10.1. The van der Waals surface area contributed by atoms with E-state index in [1.807, 2.05) is 30.3 Å². The molecule has 1 saturated heterocycles. The SMILES string of the molecule is CC(C)CN1CC[C@@H](NC(=O)c2n[nH]c3ccc(-c4cccnc4)cc23)[C@@H](F)C1. The fourth-order valence-electron chi connectivity index (χ4n) is 3.95. The van der Waals surface area contributed by atoms with Crippen LogP contribution in [-0.2, 0) is 0 Å². The number of alkyl halides is 1. The van der Waals surface area contributed by atoms with Gasteiger partial charge in [-0.3, -0.25) is 14.9 Å². The van der Waals surface area contributed by atoms with Gasteiger partial charge in [0.15, 0.2) is 5.69 Å². The number of nitrogens with zero attached hydrogens (tertiary/aromatic N) is 3. The number of hydrogen-bond donors (Lipinski definition) is 2. The Labute approximate surface area is 169 Å². The van der Waals surface area contributed by atoms with E-state index >= 15 is 0 Å². The fraction of sp³-hybridized carbons (Fsp3) is 0.409. The molecule has 7 heteroatoms. The highest BCUT2D eigenvalue weighted by Crippen LogP contribution is 2.25. The van der Waals surface area contributed by atoms with Crippen LogP contribution in [0.4, 0.5) is 4.39 Å². The molecule has 0 saturated carbocycles. The molecule has 4 rings (SSSR count). The van der Waals surface area contributed by atoms with Crippen LogP contribution in [0.15, 0.2) is 42.7 Å². The van der Waals surface area contributed by atoms with Gasteiger partial charge in [-0.2, -0.15) is 5.10 Å². The molecule has 3 aromatic rings. The Morgan fingerprint density at radius 1 is 1.34 bits per heavy atom. The molecule has 6 nitrogen and oxygen atoms in total. The summed E-state index contributed by atoms with van der Waals surface area (Å²) in [5.74, 6) is 0.155. The number of pyridine rings is 1. The third-order valence-corrected chi connectivity index (χ3v) is 5.34. The molecule has 1 fully saturated rings. The highest BCUT2D eigenvalue weighted by atomic mass is 19.1. The molecule has 2 aromatic heterocycles. The van der Waals surface area contributed by atoms with Crippen molar-refractivity contribution in [1.29, 1.82) is 0 Å². The number of fused-ring (bicyclic) bond motifs is 1. The molecule has 29 heavy (non-hydrogen) atoms. The lowest BCUT2D eigenvalue weighted by atomic mass is 10.0. The molecular formula is C22H26FN5O. The van der Waals surface area contributed by atoms with E-state index in [4.69, 9.17) is 0 Å². The quantitative estimate of drug-likeness (QED) is 0.694. The van der Waals surface area contributed by atoms with Crippen LogP contribution >= 0.6 is 0 Å². The predicted molar refractivity (Wildman–Crippen MR) is 111 cm³/mol. The molecule has 0 bridgehead atoms. The molecule has 0 aliphatic carbocycles. The standard InChI is InChI=1S/C22H26FN5O/c1-14(2)12-28-9-7-20(18(23)13-28)25-22(29)21-17-10-15(5-6-19(17)26-27-21)16-4-3-8-24-11-16/h3-6,8,10-11,14,18,20H,7,9,12-13H2,1-2H3,(H,25,29)(H,26,27)/t18-,20+/m0/s1. The van der Waals surface area contributed by atoms with Crippen LogP contribution in [0.2, 0.25) is 0 Å². The van der Waals surface area contributed by atoms with Crippen LogP contribution < -0.4 is 5.32 Å². The average Bonchev–Trinajstić information content (AvgIpc) is 3.13. The van der Waals surface area contributed by atoms with Gasteiger partial charge in [0.2, 0.25) is 0 Å². The van der Waals surface area contributed by atoms with Crippen LogP contribution in [-0.4, -0.2) is 57.8 Å². The van der Waals surface area contributed by atoms with Crippen LogP contribution in [0, 0.1) is 5.92 Å². The summed E-state index contributed by atoms with van der Waals surface area (Å²) in [6, 6.07) is 9.12. The van der Waals surface area contributed by atoms with Crippen molar-refractivity contribution in [3.05, 3.63) is 48.4 Å². The largest absolute Gasteiger partial charge is 0.345 e. The van der Waals surface area contributed by atoms with E-state index in [1.54, 1.807) is 12.4 Å². The second-order valence-corrected chi connectivity index (χ2v) is 8.11. The van der Waals surface area contributed by atoms with Gasteiger partial charge in [0.1, 0.15) is 6.17 Å². The molecule has 1 aliphatic heterocycles. The van der Waals surface area contributed by atoms with Crippen molar-refractivity contribution in [2.75, 3.05) is 19.6 Å². The van der Waals surface area contributed by atoms with Gasteiger partial charge in [-0.15, -0.1) is 0 Å². The number of likely N-dealkylation sites (tertiary alicyclic amines) is 1. The van der Waals surface area contributed by atoms with Crippen LogP contribution in [0.25, 0.3) is 22.0 Å². The van der Waals surface area contributed by atoms with Crippen molar-refractivity contribution in [2.45, 2.75) is 32.5 Å². The lowest BCUT2D eigenvalue weighted by Crippen LogP contribution is -2.53. The molecule has 1 aromatic carbocycles. The smallest absolute Gasteiger partial charge is 0.272 e. The van der Waals surface area contributed by atoms with Crippen molar-refractivity contribution in [1.82, 2.24) is 25.4 Å². The lowest BCUT2D eigenvalue weighted by molar-refractivity contribution is 0.0748. The van der Waals surface area contributed by atoms with Crippen molar-refractivity contribution in [2.24, 2.45) is 5.92 Å². The summed E-state index contributed by atoms with van der Waals surface area (Å²) in [7, 11) is 0. The third kappa shape index (κ3) is 4.29. The van der Waals surface area contributed by atoms with Crippen molar-refractivity contribution in [3.8, 4) is 11.1 Å². The molecule has 152 valence electrons. The summed E-state index contributed by atoms with van der Waals surface area (Å²) in [5, 5.41) is 10.7. The first kappa shape index (κ1) is 19.5. The number of aromatic amines is 1. The second kappa shape index (κ2) is 8.29. The van der Waals surface area contributed by atoms with E-state index in [0.717, 1.165) is 35.1 Å². The fourth-order valence-corrected chi connectivity index (χ4v) is 3.95. The maximum Gasteiger partial charge on any atom is 0.272 e. The number of benzene rings is 1. The van der Waals surface area contributed by atoms with E-state index in [9.17, 15) is 9.18 Å². The maximum absolute atomic E-state index is 14.7. The first-order chi connectivity index (χ1) is 14.0. The van der Waals surface area contributed by atoms with Crippen molar-refractivity contribution >= 4 is 16.8 Å². The number of H-pyrrole nitrogens is 1. The minimum atomic E-state index is -1.08. The molecule has 0 unspecified atom stereocenters. The lowest BCUT2D eigenvalue weighted by Gasteiger charge is -2.35. The summed E-state index contributed by atoms with van der Waals surface area (Å²) >= 11 is 0. The van der Waals surface area contributed by atoms with E-state index in [0.29, 0.717) is 24.6 Å². The normalized spacial score (nSPS) is 20.3. The summed E-state index contributed by atoms with van der Waals surface area (Å²) in [5.41, 5.74) is 2.98. The molecule has 0 radical (unpaired) electrons. The number of nitrogens with one attached hydrogen (secondary N) is 2. The molecule has 3 heterocycles. The summed E-state index contributed by atoms with van der Waals surface area (Å²) in [4.78, 5) is 19.1. The second-order valence-electron chi connectivity index (χ2n) is 8.11. The monoisotopic (exact) mass is 395 g/mol. The highest BCUT2D eigenvalue weighted by molar-refractivity contribution is 6.05. The van der Waals surface area contributed by atoms with E-state index in [-0.39, 0.29) is 5.91 Å². The Morgan fingerprint density at radius 3 is 2.93 bits per heavy atom. The van der Waals surface area contributed by atoms with Gasteiger partial charge in [-0.1, -0.05) is 26.0 Å². The number of amides is 1. The molecule has 2 atom stereocenters. The predicted octanol–water partition coefficient (Wildman–Crippen LogP) is 3.42. The number of carbonyl (C=O) groups excluding carboxylic acids is 1. The van der Waals surface area contributed by atoms with E-state index < -0.39 is 12.2 Å². The molecule has 2 N–H and O–H groups in total. The molecule has 1 amide bonds. The van der Waals surface area contributed by atoms with Gasteiger partial charge in [0.25, 0.3) is 5.91 Å². The highest BCUT2D eigenvalue weighted by Gasteiger charge is 2.31. The Kier molecular flexibility index (Phi) is 5.58. The van der Waals surface area contributed by atoms with Gasteiger partial charge in [0, 0.05) is 43.0 Å². The first-order valence-electron chi connectivity index (χ1n) is 10.1. The Balaban J connectivity index is 1.50. The zero-order valence-electron chi connectivity index (χ0n) is 16.7. The van der Waals surface area contributed by atoms with Crippen molar-refractivity contribution in [3.63, 3.8) is 0 Å². The minimum Gasteiger partial charge on any atom is -0.345 e. The van der Waals surface area contributed by atoms with Crippen LogP contribution in [0.3, 0.4) is 0 Å². The summed E-state index contributed by atoms with van der Waals surface area (Å²) in [6.45, 7) is 6.28. The van der Waals surface area contributed by atoms with Gasteiger partial charge in [-0.05, 0) is 36.1 Å². The Bertz CT molecular complexity index is 987. The van der Waals surface area contributed by atoms with Gasteiger partial charge < -0.3 is 10.2 Å². The van der Waals surface area contributed by atoms with E-state index in [1.165, 1.54) is 0 Å². The number of aromatic nitrogens is 3. The van der Waals surface area contributed by atoms with Crippen LogP contribution in [0.1, 0.15) is 30.8 Å².